The Morgan fingerprint density at radius 2 is 1.62 bits per heavy atom. The van der Waals surface area contributed by atoms with E-state index in [1.165, 1.54) is 11.3 Å². The number of nitrogens with one attached hydrogen (secondary N) is 3. The van der Waals surface area contributed by atoms with Crippen molar-refractivity contribution in [2.24, 2.45) is 15.9 Å². The van der Waals surface area contributed by atoms with Gasteiger partial charge in [0, 0.05) is 61.0 Å². The van der Waals surface area contributed by atoms with Gasteiger partial charge in [0.15, 0.2) is 12.4 Å². The second-order valence-corrected chi connectivity index (χ2v) is 18.7. The minimum atomic E-state index is -0.809. The number of carbonyl (C=O) groups is 3. The molecule has 0 saturated heterocycles. The smallest absolute Gasteiger partial charge is 0.325 e. The Hall–Kier alpha value is -6.71. The highest BCUT2D eigenvalue weighted by molar-refractivity contribution is 7.13. The fourth-order valence-corrected chi connectivity index (χ4v) is 8.48. The number of likely N-dealkylation sites (N-methyl/N-ethyl adjacent to an activating group) is 1. The number of hydrogen-bond acceptors (Lipinski definition) is 15. The molecular weight excluding hydrogens is 984 g/mol. The molecule has 0 spiro atoms. The predicted octanol–water partition coefficient (Wildman–Crippen LogP) is 7.20. The lowest BCUT2D eigenvalue weighted by atomic mass is 9.73. The van der Waals surface area contributed by atoms with E-state index in [1.807, 2.05) is 62.8 Å². The van der Waals surface area contributed by atoms with Gasteiger partial charge in [-0.25, -0.2) is 9.78 Å². The minimum Gasteiger partial charge on any atom is -0.494 e. The van der Waals surface area contributed by atoms with Gasteiger partial charge in [-0.1, -0.05) is 63.3 Å². The maximum absolute atomic E-state index is 14.0. The van der Waals surface area contributed by atoms with Crippen molar-refractivity contribution in [3.05, 3.63) is 126 Å². The molecule has 2 heterocycles. The third kappa shape index (κ3) is 22.2. The maximum atomic E-state index is 14.0. The molecule has 1 atom stereocenters. The predicted molar refractivity (Wildman–Crippen MR) is 305 cm³/mol. The number of allylic oxidation sites excluding steroid dienone is 2. The molecule has 5 N–H and O–H groups in total. The number of benzene rings is 2. The molecule has 407 valence electrons. The van der Waals surface area contributed by atoms with Crippen molar-refractivity contribution in [2.75, 3.05) is 96.7 Å². The number of ether oxygens (including phenoxy) is 5. The highest BCUT2D eigenvalue weighted by Crippen LogP contribution is 2.35. The highest BCUT2D eigenvalue weighted by Gasteiger charge is 2.41. The number of unbranched alkanes of at least 4 members (excludes halogenated alkanes) is 1. The van der Waals surface area contributed by atoms with E-state index in [0.29, 0.717) is 106 Å². The molecule has 1 radical (unpaired) electrons. The molecule has 5 rings (SSSR count). The van der Waals surface area contributed by atoms with Crippen LogP contribution < -0.4 is 36.9 Å². The summed E-state index contributed by atoms with van der Waals surface area (Å²) in [6.07, 6.45) is 14.3. The summed E-state index contributed by atoms with van der Waals surface area (Å²) < 4.78 is 28.9. The largest absolute Gasteiger partial charge is 0.494 e. The van der Waals surface area contributed by atoms with Crippen LogP contribution in [0.15, 0.2) is 119 Å². The number of pyridine rings is 1. The van der Waals surface area contributed by atoms with E-state index in [1.54, 1.807) is 59.8 Å². The summed E-state index contributed by atoms with van der Waals surface area (Å²) in [6.45, 7) is 17.8. The van der Waals surface area contributed by atoms with E-state index >= 15 is 0 Å². The number of aryl methyl sites for hydroxylation is 2. The zero-order valence-corrected chi connectivity index (χ0v) is 45.3. The summed E-state index contributed by atoms with van der Waals surface area (Å²) in [5.41, 5.74) is 5.44. The Balaban J connectivity index is 0.854. The number of rotatable bonds is 38. The number of carbonyl (C=O) groups excluding carboxylic acids is 3. The molecule has 1 aliphatic rings. The van der Waals surface area contributed by atoms with Crippen LogP contribution in [-0.4, -0.2) is 149 Å². The number of aliphatic imine (C=N–C) groups is 1. The first-order chi connectivity index (χ1) is 37.1. The number of nitrogens with zero attached hydrogens (tertiary/aromatic N) is 6. The number of aromatic nitrogens is 2. The fraction of sp³-hybridized carbons (Fsp3) is 0.446. The van der Waals surface area contributed by atoms with Gasteiger partial charge in [0.1, 0.15) is 24.1 Å². The molecule has 20 heteroatoms. The Morgan fingerprint density at radius 3 is 2.32 bits per heavy atom. The van der Waals surface area contributed by atoms with Crippen molar-refractivity contribution in [3.63, 3.8) is 0 Å². The first-order valence-corrected chi connectivity index (χ1v) is 26.9. The molecule has 0 aliphatic heterocycles. The third-order valence-electron chi connectivity index (χ3n) is 12.0. The number of anilines is 2. The first kappa shape index (κ1) is 60.2. The van der Waals surface area contributed by atoms with E-state index in [2.05, 4.69) is 61.1 Å². The summed E-state index contributed by atoms with van der Waals surface area (Å²) in [7, 11) is 3.95. The molecule has 4 amide bonds. The summed E-state index contributed by atoms with van der Waals surface area (Å²) in [6, 6.07) is 17.5. The van der Waals surface area contributed by atoms with Gasteiger partial charge in [0.05, 0.1) is 64.2 Å². The van der Waals surface area contributed by atoms with Gasteiger partial charge < -0.3 is 50.0 Å². The van der Waals surface area contributed by atoms with Crippen LogP contribution in [0.25, 0.3) is 0 Å². The molecule has 2 aromatic heterocycles. The van der Waals surface area contributed by atoms with Crippen molar-refractivity contribution >= 4 is 64.8 Å². The fourth-order valence-electron chi connectivity index (χ4n) is 7.70. The minimum absolute atomic E-state index is 0.00272. The standard InChI is InChI=1S/C56H76BN10O8S/c1-6-12-42(7-2)39-61-54(69)52(50-13-11-27-60-53(50)57-4)67(47-19-20-47)51(68)25-16-43-14-21-48(22-15-43)74-31-10-9-29-66(5)30-34-73-36-35-71-32-26-46(65-58)40-59-28-33-72-37-38-75-49-23-17-45(18-24-49)62-55(70)64-56-63-44(8-3)41-76-56/h6-7,11-15,17-18,21-24,27,40-41,47,52H,1-2,8-10,16,19-20,25-26,28-39,58H2,3-5H3,(H,61,69)(H2,62,63,64,70)/b42-12+,59-40?,65-46-. The van der Waals surface area contributed by atoms with E-state index < -0.39 is 6.04 Å². The quantitative estimate of drug-likeness (QED) is 0.00876. The van der Waals surface area contributed by atoms with E-state index in [4.69, 9.17) is 29.5 Å². The normalized spacial score (nSPS) is 13.1. The van der Waals surface area contributed by atoms with Gasteiger partial charge in [0.25, 0.3) is 0 Å². The number of urea groups is 1. The van der Waals surface area contributed by atoms with Crippen LogP contribution in [0.3, 0.4) is 0 Å². The van der Waals surface area contributed by atoms with E-state index in [0.717, 1.165) is 67.8 Å². The van der Waals surface area contributed by atoms with Crippen LogP contribution in [0.2, 0.25) is 6.82 Å². The number of nitrogens with two attached hydrogens (primary N) is 1. The molecule has 1 aliphatic carbocycles. The van der Waals surface area contributed by atoms with Gasteiger partial charge in [0.2, 0.25) is 11.8 Å². The van der Waals surface area contributed by atoms with E-state index in [-0.39, 0.29) is 36.9 Å². The third-order valence-corrected chi connectivity index (χ3v) is 12.8. The first-order valence-electron chi connectivity index (χ1n) is 26.1. The van der Waals surface area contributed by atoms with Crippen molar-refractivity contribution in [2.45, 2.75) is 77.2 Å². The average molecular weight is 1060 g/mol. The molecule has 2 aromatic carbocycles. The van der Waals surface area contributed by atoms with Crippen molar-refractivity contribution in [3.8, 4) is 11.5 Å². The molecular formula is C56H76BN10O8S. The molecule has 18 nitrogen and oxygen atoms in total. The van der Waals surface area contributed by atoms with Gasteiger partial charge >= 0.3 is 6.03 Å². The second-order valence-electron chi connectivity index (χ2n) is 17.8. The monoisotopic (exact) mass is 1060 g/mol. The molecule has 1 saturated carbocycles. The van der Waals surface area contributed by atoms with Crippen LogP contribution in [0.5, 0.6) is 11.5 Å². The Bertz CT molecular complexity index is 2490. The van der Waals surface area contributed by atoms with Crippen molar-refractivity contribution < 1.29 is 38.1 Å². The number of hydrazone groups is 1. The molecule has 1 fully saturated rings. The number of hydrogen-bond donors (Lipinski definition) is 4. The van der Waals surface area contributed by atoms with Gasteiger partial charge in [-0.05, 0) is 111 Å². The summed E-state index contributed by atoms with van der Waals surface area (Å²) in [5, 5.41) is 14.9. The molecule has 76 heavy (non-hydrogen) atoms. The van der Waals surface area contributed by atoms with Crippen LogP contribution in [0.1, 0.15) is 68.3 Å². The van der Waals surface area contributed by atoms with Crippen LogP contribution in [-0.2, 0) is 36.6 Å². The zero-order chi connectivity index (χ0) is 54.2. The summed E-state index contributed by atoms with van der Waals surface area (Å²) in [5.74, 6) is 6.69. The molecule has 1 unspecified atom stereocenters. The van der Waals surface area contributed by atoms with Crippen LogP contribution in [0, 0.1) is 0 Å². The SMILES string of the molecule is C=C/C=C(\C=C)CNC(=O)C(c1cccnc1[B]C)N(C(=O)CCc1ccc(OCCCCN(C)CCOCCOCC/C(C=NCCOCCOc2ccc(NC(=O)Nc3nc(CC)cs3)cc2)=N/N)cc1)C1CC1. The van der Waals surface area contributed by atoms with Crippen molar-refractivity contribution in [1.29, 1.82) is 0 Å². The van der Waals surface area contributed by atoms with Crippen LogP contribution >= 0.6 is 11.3 Å². The lowest BCUT2D eigenvalue weighted by Gasteiger charge is -2.32. The Labute approximate surface area is 453 Å². The topological polar surface area (TPSA) is 216 Å². The molecule has 4 aromatic rings. The Morgan fingerprint density at radius 1 is 0.895 bits per heavy atom. The van der Waals surface area contributed by atoms with Crippen molar-refractivity contribution in [1.82, 2.24) is 25.1 Å². The maximum Gasteiger partial charge on any atom is 0.325 e. The average Bonchev–Trinajstić information content (AvgIpc) is 4.18. The van der Waals surface area contributed by atoms with Gasteiger partial charge in [-0.2, -0.15) is 5.10 Å². The lowest BCUT2D eigenvalue weighted by molar-refractivity contribution is -0.141. The van der Waals surface area contributed by atoms with Gasteiger partial charge in [-0.3, -0.25) is 24.9 Å². The zero-order valence-electron chi connectivity index (χ0n) is 44.5. The highest BCUT2D eigenvalue weighted by atomic mass is 32.1. The number of amides is 4. The second kappa shape index (κ2) is 34.8. The lowest BCUT2D eigenvalue weighted by Crippen LogP contribution is -2.47. The van der Waals surface area contributed by atoms with Crippen LogP contribution in [0.4, 0.5) is 15.6 Å². The summed E-state index contributed by atoms with van der Waals surface area (Å²) >= 11 is 1.39. The molecule has 0 bridgehead atoms. The Kier molecular flexibility index (Phi) is 27.5. The van der Waals surface area contributed by atoms with Gasteiger partial charge in [-0.15, -0.1) is 11.3 Å². The van der Waals surface area contributed by atoms with E-state index in [9.17, 15) is 14.4 Å². The summed E-state index contributed by atoms with van der Waals surface area (Å²) in [4.78, 5) is 57.4. The number of thiazole rings is 1.